The van der Waals surface area contributed by atoms with Crippen LogP contribution in [0.1, 0.15) is 179 Å². The van der Waals surface area contributed by atoms with Gasteiger partial charge in [-0.1, -0.05) is 58.9 Å². The quantitative estimate of drug-likeness (QED) is 0.0425. The number of aliphatic hydroxyl groups is 2. The number of aromatic hydroxyl groups is 4. The normalized spacial score (nSPS) is 32.2. The van der Waals surface area contributed by atoms with E-state index < -0.39 is 143 Å². The van der Waals surface area contributed by atoms with Gasteiger partial charge in [-0.3, -0.25) is 38.6 Å². The van der Waals surface area contributed by atoms with Crippen LogP contribution in [0, 0.1) is 11.8 Å². The largest absolute Gasteiger partial charge is 0.507 e. The van der Waals surface area contributed by atoms with E-state index >= 15 is 0 Å². The average molecular weight is 1380 g/mol. The molecule has 0 unspecified atom stereocenters. The summed E-state index contributed by atoms with van der Waals surface area (Å²) in [6.07, 6.45) is -7.97. The van der Waals surface area contributed by atoms with Crippen molar-refractivity contribution in [3.05, 3.63) is 103 Å². The third-order valence-corrected chi connectivity index (χ3v) is 21.0. The van der Waals surface area contributed by atoms with E-state index in [9.17, 15) is 59.4 Å². The highest BCUT2D eigenvalue weighted by atomic mass is 16.7. The lowest BCUT2D eigenvalue weighted by Crippen LogP contribution is -2.55. The summed E-state index contributed by atoms with van der Waals surface area (Å²) < 4.78 is 71.7. The Hall–Kier alpha value is -7.39. The molecule has 7 N–H and O–H groups in total. The van der Waals surface area contributed by atoms with Gasteiger partial charge in [-0.05, 0) is 32.4 Å². The standard InChI is InChI=1S/C37H45N3O12.C34H39NO12/c1-7-23(38-39-34(45)16(2)3)37(46)14-19-26(32(44)28-27(30(19)42)29(41)18-9-8-10-21(47-5)25(18)31(28)43)22(15-37)51-24-13-20-33(17(4)50-24)52-35-36(48-6)49-12-11-40(20)35;1-14(2)31(40)34(41)12-17-23(29(39)25-24(27(17)37)26(36)16-7-6-8-19(42-4)22(16)28(25)38)20(13-34)46-21-11-18-30(15(3)45-21)47-32-33(43-5)44-10-9-35(18)32/h8-10,16-17,20,22,24,33,35-36,42,44,46H,7,11-15H2,1-6H3,(H,39,45);6-8,14-15,18,20-21,30,32-33,37,39,41H,9-13H2,1-5H3/b38-23+;/t17-,20-,22-,24-,33+,35+,36-,37-;15-,18-,20-,21-,30+,32+,33-,34-/m00/s1. The number of carbonyl (C=O) groups is 6. The number of ketones is 5. The van der Waals surface area contributed by atoms with Crippen LogP contribution in [0.2, 0.25) is 0 Å². The van der Waals surface area contributed by atoms with Gasteiger partial charge in [0.2, 0.25) is 17.5 Å². The van der Waals surface area contributed by atoms with Crippen molar-refractivity contribution >= 4 is 40.5 Å². The van der Waals surface area contributed by atoms with Crippen LogP contribution in [0.15, 0.2) is 41.5 Å². The number of amides is 1. The summed E-state index contributed by atoms with van der Waals surface area (Å²) in [6, 6.07) is 8.79. The molecule has 0 saturated carbocycles. The van der Waals surface area contributed by atoms with Crippen LogP contribution < -0.4 is 14.9 Å². The summed E-state index contributed by atoms with van der Waals surface area (Å²) in [6.45, 7) is 14.3. The van der Waals surface area contributed by atoms with E-state index in [1.807, 2.05) is 13.8 Å². The molecular weight excluding hydrogens is 1290 g/mol. The molecule has 16 atom stereocenters. The molecule has 6 fully saturated rings. The Labute approximate surface area is 570 Å². The fourth-order valence-electron chi connectivity index (χ4n) is 16.4. The Balaban J connectivity index is 0.000000179. The molecule has 6 heterocycles. The predicted molar refractivity (Wildman–Crippen MR) is 344 cm³/mol. The van der Waals surface area contributed by atoms with E-state index in [0.29, 0.717) is 39.1 Å². The Morgan fingerprint density at radius 3 is 1.42 bits per heavy atom. The van der Waals surface area contributed by atoms with Crippen LogP contribution in [0.4, 0.5) is 0 Å². The van der Waals surface area contributed by atoms with Crippen LogP contribution in [-0.4, -0.2) is 221 Å². The summed E-state index contributed by atoms with van der Waals surface area (Å²) in [4.78, 5) is 86.1. The minimum Gasteiger partial charge on any atom is -0.507 e. The predicted octanol–water partition coefficient (Wildman–Crippen LogP) is 5.06. The number of hydrogen-bond acceptors (Lipinski definition) is 27. The van der Waals surface area contributed by atoms with Gasteiger partial charge in [-0.15, -0.1) is 0 Å². The highest BCUT2D eigenvalue weighted by Gasteiger charge is 2.58. The first-order valence-electron chi connectivity index (χ1n) is 33.6. The zero-order chi connectivity index (χ0) is 70.7. The number of Topliss-reactive ketones (excluding diaryl/α,β-unsaturated/α-hetero) is 1. The molecule has 28 nitrogen and oxygen atoms in total. The zero-order valence-corrected chi connectivity index (χ0v) is 56.9. The van der Waals surface area contributed by atoms with Crippen LogP contribution in [0.5, 0.6) is 34.5 Å². The van der Waals surface area contributed by atoms with Crippen molar-refractivity contribution in [1.29, 1.82) is 0 Å². The fourth-order valence-corrected chi connectivity index (χ4v) is 16.4. The molecule has 10 aliphatic rings. The Kier molecular flexibility index (Phi) is 19.0. The topological polar surface area (TPSA) is 365 Å². The Bertz CT molecular complexity index is 3990. The van der Waals surface area contributed by atoms with Gasteiger partial charge in [0.15, 0.2) is 55.0 Å². The maximum absolute atomic E-state index is 14.1. The molecule has 0 radical (unpaired) electrons. The van der Waals surface area contributed by atoms with Gasteiger partial charge in [-0.2, -0.15) is 5.10 Å². The summed E-state index contributed by atoms with van der Waals surface area (Å²) in [5, 5.41) is 76.0. The summed E-state index contributed by atoms with van der Waals surface area (Å²) in [5.41, 5.74) is -2.68. The van der Waals surface area contributed by atoms with Crippen molar-refractivity contribution in [3.63, 3.8) is 0 Å². The monoisotopic (exact) mass is 1380 g/mol. The molecule has 0 bridgehead atoms. The third kappa shape index (κ3) is 11.6. The van der Waals surface area contributed by atoms with E-state index in [1.165, 1.54) is 38.5 Å². The van der Waals surface area contributed by atoms with Crippen molar-refractivity contribution < 1.29 is 116 Å². The number of phenols is 4. The number of rotatable bonds is 14. The molecule has 0 aromatic heterocycles. The van der Waals surface area contributed by atoms with E-state index in [0.717, 1.165) is 0 Å². The molecule has 6 aliphatic heterocycles. The number of benzene rings is 4. The van der Waals surface area contributed by atoms with E-state index in [4.69, 9.17) is 56.8 Å². The fraction of sp³-hybridized carbons (Fsp3) is 0.563. The smallest absolute Gasteiger partial charge is 0.242 e. The summed E-state index contributed by atoms with van der Waals surface area (Å²) >= 11 is 0. The van der Waals surface area contributed by atoms with Crippen LogP contribution in [-0.2, 0) is 69.8 Å². The first kappa shape index (κ1) is 70.1. The number of nitrogens with zero attached hydrogens (tertiary/aromatic N) is 3. The number of phenolic OH excluding ortho intramolecular Hbond substituents is 4. The molecular formula is C71H84N4O24. The zero-order valence-electron chi connectivity index (χ0n) is 56.9. The van der Waals surface area contributed by atoms with Gasteiger partial charge < -0.3 is 87.5 Å². The third-order valence-electron chi connectivity index (χ3n) is 21.0. The number of nitrogens with one attached hydrogen (secondary N) is 1. The molecule has 4 aliphatic carbocycles. The first-order valence-corrected chi connectivity index (χ1v) is 33.6. The molecule has 532 valence electrons. The lowest BCUT2D eigenvalue weighted by atomic mass is 9.70. The van der Waals surface area contributed by atoms with Crippen LogP contribution in [0.25, 0.3) is 0 Å². The van der Waals surface area contributed by atoms with Crippen molar-refractivity contribution in [3.8, 4) is 34.5 Å². The maximum atomic E-state index is 14.1. The minimum atomic E-state index is -2.01. The van der Waals surface area contributed by atoms with Crippen LogP contribution in [0.3, 0.4) is 0 Å². The van der Waals surface area contributed by atoms with E-state index in [-0.39, 0.29) is 140 Å². The average Bonchev–Trinajstić information content (AvgIpc) is 1.51. The Morgan fingerprint density at radius 1 is 0.596 bits per heavy atom. The second-order valence-electron chi connectivity index (χ2n) is 27.5. The van der Waals surface area contributed by atoms with Crippen molar-refractivity contribution in [2.75, 3.05) is 54.7 Å². The molecule has 99 heavy (non-hydrogen) atoms. The van der Waals surface area contributed by atoms with Crippen LogP contribution >= 0.6 is 0 Å². The van der Waals surface area contributed by atoms with Crippen molar-refractivity contribution in [2.45, 2.75) is 191 Å². The van der Waals surface area contributed by atoms with Gasteiger partial charge in [-0.25, -0.2) is 5.43 Å². The lowest BCUT2D eigenvalue weighted by Gasteiger charge is -2.44. The molecule has 4 aromatic rings. The summed E-state index contributed by atoms with van der Waals surface area (Å²) in [7, 11) is 5.85. The first-order chi connectivity index (χ1) is 47.2. The van der Waals surface area contributed by atoms with E-state index in [2.05, 4.69) is 20.3 Å². The van der Waals surface area contributed by atoms with Crippen molar-refractivity contribution in [2.24, 2.45) is 16.9 Å². The number of morpholine rings is 2. The highest BCUT2D eigenvalue weighted by Crippen LogP contribution is 2.56. The molecule has 14 rings (SSSR count). The second-order valence-corrected chi connectivity index (χ2v) is 27.5. The maximum Gasteiger partial charge on any atom is 0.242 e. The van der Waals surface area contributed by atoms with Crippen molar-refractivity contribution in [1.82, 2.24) is 15.2 Å². The van der Waals surface area contributed by atoms with E-state index in [1.54, 1.807) is 61.0 Å². The second kappa shape index (κ2) is 26.9. The van der Waals surface area contributed by atoms with Gasteiger partial charge in [0, 0.05) is 123 Å². The number of fused-ring (bicyclic) bond motifs is 12. The highest BCUT2D eigenvalue weighted by molar-refractivity contribution is 6.32. The number of hydrazone groups is 1. The summed E-state index contributed by atoms with van der Waals surface area (Å²) in [5.74, 6) is -6.58. The number of hydrogen-bond donors (Lipinski definition) is 7. The lowest BCUT2D eigenvalue weighted by molar-refractivity contribution is -0.256. The molecule has 1 amide bonds. The number of ether oxygens (including phenoxy) is 12. The number of methoxy groups -OCH3 is 4. The number of carbonyl (C=O) groups excluding carboxylic acids is 6. The van der Waals surface area contributed by atoms with Gasteiger partial charge in [0.25, 0.3) is 0 Å². The van der Waals surface area contributed by atoms with Gasteiger partial charge >= 0.3 is 0 Å². The molecule has 0 spiro atoms. The molecule has 6 saturated heterocycles. The minimum absolute atomic E-state index is 0.00341. The molecule has 28 heteroatoms. The van der Waals surface area contributed by atoms with Gasteiger partial charge in [0.1, 0.15) is 57.9 Å². The molecule has 4 aromatic carbocycles. The Morgan fingerprint density at radius 2 is 1.02 bits per heavy atom. The van der Waals surface area contributed by atoms with Gasteiger partial charge in [0.05, 0.1) is 90.9 Å². The SMILES string of the molecule is CC/C(=N\NC(=O)C(C)C)[C@]1(O)Cc2c(O)c3c(c(O)c2[C@@H](O[C@H]2C[C@H]4[C@H](O[C@@H]5[C@@H](OC)OCCN54)[C@H](C)O2)C1)C(=O)c1c(OC)cccc1C3=O.COc1cccc2c1C(=O)c1c(O)c3c(c(O)c1C2=O)C[C@@](O)(C(=O)C(C)C)C[C@@H]3O[C@H]1C[C@H]2[C@H](O[C@@H]3[C@@H](OC)OCCN32)[C@H](C)O1.